The smallest absolute Gasteiger partial charge is 0.319 e. The third-order valence-corrected chi connectivity index (χ3v) is 8.83. The number of carbonyl (C=O) groups is 3. The van der Waals surface area contributed by atoms with E-state index in [1.165, 1.54) is 24.2 Å². The third kappa shape index (κ3) is 2.56. The lowest BCUT2D eigenvalue weighted by Gasteiger charge is -2.56. The molecule has 7 rings (SSSR count). The van der Waals surface area contributed by atoms with E-state index in [0.29, 0.717) is 24.2 Å². The zero-order valence-electron chi connectivity index (χ0n) is 17.5. The Morgan fingerprint density at radius 3 is 2.37 bits per heavy atom. The molecule has 6 aliphatic rings. The summed E-state index contributed by atoms with van der Waals surface area (Å²) in [6.07, 6.45) is 10.1. The molecule has 30 heavy (non-hydrogen) atoms. The van der Waals surface area contributed by atoms with Crippen LogP contribution in [0.4, 0.5) is 4.79 Å². The lowest BCUT2D eigenvalue weighted by molar-refractivity contribution is -0.147. The number of aryl methyl sites for hydroxylation is 1. The number of imide groups is 1. The Morgan fingerprint density at radius 1 is 1.00 bits per heavy atom. The second-order valence-corrected chi connectivity index (χ2v) is 10.7. The molecule has 1 heterocycles. The summed E-state index contributed by atoms with van der Waals surface area (Å²) in [5.41, 5.74) is 0.779. The summed E-state index contributed by atoms with van der Waals surface area (Å²) >= 11 is 0. The highest BCUT2D eigenvalue weighted by Crippen LogP contribution is 2.60. The van der Waals surface area contributed by atoms with Crippen molar-refractivity contribution < 1.29 is 14.4 Å². The molecule has 4 saturated carbocycles. The average molecular weight is 407 g/mol. The standard InChI is InChI=1S/C25H30N2O3/c28-21(24-12-16-9-17(13-24)11-18(10-16)14-24)15-27-22(29)25(26-23(27)30)8-4-3-6-19-5-1-2-7-20(19)25/h1-2,5,7,16-18H,3-4,6,8-15H2,(H,26,30). The van der Waals surface area contributed by atoms with Crippen molar-refractivity contribution in [2.75, 3.05) is 6.54 Å². The van der Waals surface area contributed by atoms with E-state index in [0.717, 1.165) is 49.7 Å². The third-order valence-electron chi connectivity index (χ3n) is 8.83. The van der Waals surface area contributed by atoms with Gasteiger partial charge in [-0.1, -0.05) is 24.3 Å². The molecular formula is C25H30N2O3. The van der Waals surface area contributed by atoms with E-state index in [4.69, 9.17) is 0 Å². The van der Waals surface area contributed by atoms with Gasteiger partial charge in [0.2, 0.25) is 0 Å². The van der Waals surface area contributed by atoms with Gasteiger partial charge in [0.05, 0.1) is 6.54 Å². The summed E-state index contributed by atoms with van der Waals surface area (Å²) in [7, 11) is 0. The van der Waals surface area contributed by atoms with E-state index in [1.807, 2.05) is 18.2 Å². The summed E-state index contributed by atoms with van der Waals surface area (Å²) in [6, 6.07) is 7.57. The van der Waals surface area contributed by atoms with Gasteiger partial charge in [-0.2, -0.15) is 0 Å². The molecule has 1 spiro atoms. The number of fused-ring (bicyclic) bond motifs is 2. The summed E-state index contributed by atoms with van der Waals surface area (Å²) in [5.74, 6) is 1.92. The van der Waals surface area contributed by atoms with E-state index in [2.05, 4.69) is 11.4 Å². The zero-order valence-corrected chi connectivity index (χ0v) is 17.5. The van der Waals surface area contributed by atoms with Gasteiger partial charge >= 0.3 is 6.03 Å². The Bertz CT molecular complexity index is 903. The van der Waals surface area contributed by atoms with E-state index in [9.17, 15) is 14.4 Å². The van der Waals surface area contributed by atoms with Crippen molar-refractivity contribution in [2.45, 2.75) is 69.7 Å². The van der Waals surface area contributed by atoms with Crippen molar-refractivity contribution in [3.05, 3.63) is 35.4 Å². The van der Waals surface area contributed by atoms with Crippen LogP contribution in [-0.4, -0.2) is 29.2 Å². The van der Waals surface area contributed by atoms with Crippen molar-refractivity contribution in [3.8, 4) is 0 Å². The second kappa shape index (κ2) is 6.41. The van der Waals surface area contributed by atoms with E-state index in [-0.39, 0.29) is 23.7 Å². The highest BCUT2D eigenvalue weighted by molar-refractivity contribution is 6.10. The highest BCUT2D eigenvalue weighted by atomic mass is 16.2. The summed E-state index contributed by atoms with van der Waals surface area (Å²) in [5, 5.41) is 3.03. The Kier molecular flexibility index (Phi) is 3.97. The van der Waals surface area contributed by atoms with Crippen molar-refractivity contribution in [2.24, 2.45) is 23.2 Å². The van der Waals surface area contributed by atoms with Crippen molar-refractivity contribution in [1.82, 2.24) is 10.2 Å². The van der Waals surface area contributed by atoms with Gasteiger partial charge in [-0.3, -0.25) is 14.5 Å². The predicted molar refractivity (Wildman–Crippen MR) is 112 cm³/mol. The number of nitrogens with zero attached hydrogens (tertiary/aromatic N) is 1. The molecule has 5 aliphatic carbocycles. The fraction of sp³-hybridized carbons (Fsp3) is 0.640. The van der Waals surface area contributed by atoms with Crippen LogP contribution in [0.2, 0.25) is 0 Å². The van der Waals surface area contributed by atoms with Crippen LogP contribution in [0.1, 0.15) is 68.9 Å². The average Bonchev–Trinajstić information content (AvgIpc) is 2.86. The lowest BCUT2D eigenvalue weighted by Crippen LogP contribution is -2.53. The van der Waals surface area contributed by atoms with E-state index < -0.39 is 11.6 Å². The number of nitrogens with one attached hydrogen (secondary N) is 1. The summed E-state index contributed by atoms with van der Waals surface area (Å²) in [4.78, 5) is 41.4. The minimum atomic E-state index is -0.994. The maximum Gasteiger partial charge on any atom is 0.325 e. The maximum absolute atomic E-state index is 13.7. The molecule has 0 aromatic heterocycles. The Morgan fingerprint density at radius 2 is 1.67 bits per heavy atom. The van der Waals surface area contributed by atoms with Gasteiger partial charge < -0.3 is 5.32 Å². The number of Topliss-reactive ketones (excluding diaryl/α,β-unsaturated/α-hetero) is 1. The highest BCUT2D eigenvalue weighted by Gasteiger charge is 2.57. The normalized spacial score (nSPS) is 39.2. The zero-order chi connectivity index (χ0) is 20.5. The number of hydrogen-bond acceptors (Lipinski definition) is 3. The Labute approximate surface area is 177 Å². The molecule has 1 aromatic carbocycles. The quantitative estimate of drug-likeness (QED) is 0.773. The van der Waals surface area contributed by atoms with Crippen LogP contribution in [0.15, 0.2) is 24.3 Å². The summed E-state index contributed by atoms with van der Waals surface area (Å²) in [6.45, 7) is -0.0548. The fourth-order valence-electron chi connectivity index (χ4n) is 7.88. The molecule has 158 valence electrons. The maximum atomic E-state index is 13.7. The number of hydrogen-bond donors (Lipinski definition) is 1. The predicted octanol–water partition coefficient (Wildman–Crippen LogP) is 3.95. The number of ketones is 1. The van der Waals surface area contributed by atoms with Crippen LogP contribution >= 0.6 is 0 Å². The molecule has 1 aromatic rings. The number of carbonyl (C=O) groups excluding carboxylic acids is 3. The SMILES string of the molecule is O=C1NC2(CCCCc3ccccc32)C(=O)N1CC(=O)C12CC3CC(CC(C3)C1)C2. The first-order valence-corrected chi connectivity index (χ1v) is 11.7. The van der Waals surface area contributed by atoms with Crippen molar-refractivity contribution in [1.29, 1.82) is 0 Å². The molecule has 5 heteroatoms. The Balaban J connectivity index is 1.29. The van der Waals surface area contributed by atoms with Gasteiger partial charge in [0.15, 0.2) is 5.78 Å². The van der Waals surface area contributed by atoms with Gasteiger partial charge in [0.25, 0.3) is 5.91 Å². The molecule has 5 fully saturated rings. The van der Waals surface area contributed by atoms with Gasteiger partial charge in [-0.15, -0.1) is 0 Å². The van der Waals surface area contributed by atoms with Crippen LogP contribution in [0.25, 0.3) is 0 Å². The van der Waals surface area contributed by atoms with Gasteiger partial charge in [-0.05, 0) is 93.1 Å². The number of urea groups is 1. The topological polar surface area (TPSA) is 66.5 Å². The second-order valence-electron chi connectivity index (χ2n) is 10.7. The molecule has 3 amide bonds. The lowest BCUT2D eigenvalue weighted by atomic mass is 9.48. The first-order chi connectivity index (χ1) is 14.5. The van der Waals surface area contributed by atoms with Crippen LogP contribution < -0.4 is 5.32 Å². The van der Waals surface area contributed by atoms with Crippen LogP contribution in [0, 0.1) is 23.2 Å². The number of benzene rings is 1. The molecule has 1 atom stereocenters. The molecule has 4 bridgehead atoms. The molecule has 1 N–H and O–H groups in total. The largest absolute Gasteiger partial charge is 0.325 e. The molecule has 0 radical (unpaired) electrons. The monoisotopic (exact) mass is 406 g/mol. The number of amides is 3. The number of rotatable bonds is 3. The molecule has 1 unspecified atom stereocenters. The minimum absolute atomic E-state index is 0.0548. The van der Waals surface area contributed by atoms with Crippen molar-refractivity contribution in [3.63, 3.8) is 0 Å². The van der Waals surface area contributed by atoms with E-state index >= 15 is 0 Å². The van der Waals surface area contributed by atoms with Crippen LogP contribution in [0.5, 0.6) is 0 Å². The minimum Gasteiger partial charge on any atom is -0.319 e. The van der Waals surface area contributed by atoms with Crippen molar-refractivity contribution >= 4 is 17.7 Å². The molecule has 1 aliphatic heterocycles. The van der Waals surface area contributed by atoms with Crippen LogP contribution in [0.3, 0.4) is 0 Å². The van der Waals surface area contributed by atoms with Gasteiger partial charge in [-0.25, -0.2) is 4.79 Å². The van der Waals surface area contributed by atoms with Crippen LogP contribution in [-0.2, 0) is 21.5 Å². The molecular weight excluding hydrogens is 376 g/mol. The first-order valence-electron chi connectivity index (χ1n) is 11.7. The van der Waals surface area contributed by atoms with E-state index in [1.54, 1.807) is 0 Å². The first kappa shape index (κ1) is 18.6. The molecule has 5 nitrogen and oxygen atoms in total. The summed E-state index contributed by atoms with van der Waals surface area (Å²) < 4.78 is 0. The van der Waals surface area contributed by atoms with Gasteiger partial charge in [0.1, 0.15) is 5.54 Å². The Hall–Kier alpha value is -2.17. The fourth-order valence-corrected chi connectivity index (χ4v) is 7.88. The van der Waals surface area contributed by atoms with Gasteiger partial charge in [0, 0.05) is 5.41 Å². The molecule has 1 saturated heterocycles.